The zero-order chi connectivity index (χ0) is 24.0. The van der Waals surface area contributed by atoms with Crippen molar-refractivity contribution in [1.29, 1.82) is 0 Å². The lowest BCUT2D eigenvalue weighted by Gasteiger charge is -2.19. The lowest BCUT2D eigenvalue weighted by atomic mass is 9.96. The Morgan fingerprint density at radius 1 is 1.06 bits per heavy atom. The van der Waals surface area contributed by atoms with E-state index in [0.29, 0.717) is 28.5 Å². The van der Waals surface area contributed by atoms with Crippen LogP contribution in [0.2, 0.25) is 0 Å². The van der Waals surface area contributed by atoms with Gasteiger partial charge in [-0.2, -0.15) is 0 Å². The van der Waals surface area contributed by atoms with Gasteiger partial charge in [0.1, 0.15) is 11.6 Å². The minimum Gasteiger partial charge on any atom is -0.340 e. The van der Waals surface area contributed by atoms with E-state index in [1.807, 2.05) is 36.7 Å². The number of nitrogens with zero attached hydrogens (tertiary/aromatic N) is 5. The van der Waals surface area contributed by atoms with Gasteiger partial charge < -0.3 is 10.6 Å². The van der Waals surface area contributed by atoms with Crippen LogP contribution in [0.4, 0.5) is 11.5 Å². The normalized spacial score (nSPS) is 13.9. The van der Waals surface area contributed by atoms with Crippen LogP contribution >= 0.6 is 0 Å². The second-order valence-corrected chi connectivity index (χ2v) is 10.1. The molecule has 0 atom stereocenters. The molecule has 0 radical (unpaired) electrons. The van der Waals surface area contributed by atoms with E-state index in [1.165, 1.54) is 11.1 Å². The Labute approximate surface area is 199 Å². The van der Waals surface area contributed by atoms with Crippen molar-refractivity contribution in [2.24, 2.45) is 0 Å². The average Bonchev–Trinajstić information content (AvgIpc) is 3.10. The van der Waals surface area contributed by atoms with Crippen molar-refractivity contribution < 1.29 is 0 Å². The zero-order valence-electron chi connectivity index (χ0n) is 20.4. The summed E-state index contributed by atoms with van der Waals surface area (Å²) < 4.78 is 3.53. The molecule has 0 amide bonds. The van der Waals surface area contributed by atoms with Gasteiger partial charge >= 0.3 is 0 Å². The van der Waals surface area contributed by atoms with Gasteiger partial charge in [-0.3, -0.25) is 4.79 Å². The predicted molar refractivity (Wildman–Crippen MR) is 135 cm³/mol. The number of fused-ring (bicyclic) bond motifs is 2. The van der Waals surface area contributed by atoms with Crippen LogP contribution in [-0.4, -0.2) is 30.9 Å². The molecule has 8 nitrogen and oxygen atoms in total. The summed E-state index contributed by atoms with van der Waals surface area (Å²) in [6.45, 7) is 12.1. The Bertz CT molecular complexity index is 1430. The molecule has 0 spiro atoms. The van der Waals surface area contributed by atoms with Crippen LogP contribution in [-0.2, 0) is 18.4 Å². The summed E-state index contributed by atoms with van der Waals surface area (Å²) in [5, 5.41) is 7.40. The molecule has 4 heterocycles. The van der Waals surface area contributed by atoms with Crippen LogP contribution in [0.25, 0.3) is 16.9 Å². The largest absolute Gasteiger partial charge is 0.340 e. The van der Waals surface area contributed by atoms with E-state index < -0.39 is 0 Å². The molecule has 176 valence electrons. The smallest absolute Gasteiger partial charge is 0.276 e. The van der Waals surface area contributed by atoms with Gasteiger partial charge in [0.15, 0.2) is 11.5 Å². The molecule has 2 N–H and O–H groups in total. The second kappa shape index (κ2) is 8.36. The van der Waals surface area contributed by atoms with Crippen molar-refractivity contribution in [2.45, 2.75) is 59.0 Å². The number of anilines is 2. The number of rotatable bonds is 4. The summed E-state index contributed by atoms with van der Waals surface area (Å²) in [5.41, 5.74) is 3.95. The molecule has 3 aromatic heterocycles. The van der Waals surface area contributed by atoms with Crippen LogP contribution < -0.4 is 16.2 Å². The second-order valence-electron chi connectivity index (χ2n) is 10.1. The van der Waals surface area contributed by atoms with E-state index in [2.05, 4.69) is 54.6 Å². The van der Waals surface area contributed by atoms with Gasteiger partial charge in [-0.05, 0) is 62.2 Å². The summed E-state index contributed by atoms with van der Waals surface area (Å²) in [6, 6.07) is 11.9. The van der Waals surface area contributed by atoms with Crippen molar-refractivity contribution in [2.75, 3.05) is 11.9 Å². The third-order valence-electron chi connectivity index (χ3n) is 6.11. The standard InChI is InChI=1S/C26H31N7O/c1-16(2)32-24(34)20-8-9-21(29-19-7-6-18-15-27-12-10-17(18)14-19)30-23(20)33(32)22-11-13-28-25(31-22)26(3,4)5/h6-9,11,13-14,16,27H,10,12,15H2,1-5H3,(H,29,30). The van der Waals surface area contributed by atoms with Gasteiger partial charge in [-0.15, -0.1) is 0 Å². The molecular weight excluding hydrogens is 426 g/mol. The number of nitrogens with one attached hydrogen (secondary N) is 2. The molecule has 8 heteroatoms. The fraction of sp³-hybridized carbons (Fsp3) is 0.385. The quantitative estimate of drug-likeness (QED) is 0.476. The number of pyridine rings is 1. The highest BCUT2D eigenvalue weighted by Crippen LogP contribution is 2.25. The van der Waals surface area contributed by atoms with Gasteiger partial charge in [-0.25, -0.2) is 24.3 Å². The first-order valence-electron chi connectivity index (χ1n) is 11.8. The highest BCUT2D eigenvalue weighted by atomic mass is 16.1. The summed E-state index contributed by atoms with van der Waals surface area (Å²) in [4.78, 5) is 27.4. The molecule has 34 heavy (non-hydrogen) atoms. The Hall–Kier alpha value is -3.52. The van der Waals surface area contributed by atoms with E-state index in [9.17, 15) is 4.79 Å². The van der Waals surface area contributed by atoms with Gasteiger partial charge in [-0.1, -0.05) is 26.8 Å². The van der Waals surface area contributed by atoms with Crippen molar-refractivity contribution in [3.63, 3.8) is 0 Å². The van der Waals surface area contributed by atoms with Crippen LogP contribution in [0.3, 0.4) is 0 Å². The number of aromatic nitrogens is 5. The maximum Gasteiger partial charge on any atom is 0.276 e. The minimum atomic E-state index is -0.218. The van der Waals surface area contributed by atoms with E-state index in [4.69, 9.17) is 9.97 Å². The topological polar surface area (TPSA) is 89.7 Å². The highest BCUT2D eigenvalue weighted by Gasteiger charge is 2.22. The molecule has 0 unspecified atom stereocenters. The SMILES string of the molecule is CC(C)n1c(=O)c2ccc(Nc3ccc4c(c3)CCNC4)nc2n1-c1ccnc(C(C)(C)C)n1. The molecule has 0 saturated heterocycles. The lowest BCUT2D eigenvalue weighted by Crippen LogP contribution is -2.25. The van der Waals surface area contributed by atoms with E-state index in [0.717, 1.165) is 25.2 Å². The molecule has 1 aliphatic rings. The zero-order valence-corrected chi connectivity index (χ0v) is 20.4. The third-order valence-corrected chi connectivity index (χ3v) is 6.11. The van der Waals surface area contributed by atoms with Crippen molar-refractivity contribution >= 4 is 22.5 Å². The molecule has 5 rings (SSSR count). The van der Waals surface area contributed by atoms with E-state index >= 15 is 0 Å². The molecule has 1 aromatic carbocycles. The molecule has 1 aliphatic heterocycles. The summed E-state index contributed by atoms with van der Waals surface area (Å²) in [5.74, 6) is 2.03. The molecule has 0 bridgehead atoms. The Morgan fingerprint density at radius 3 is 2.65 bits per heavy atom. The minimum absolute atomic E-state index is 0.0691. The van der Waals surface area contributed by atoms with Crippen LogP contribution in [0, 0.1) is 0 Å². The molecular formula is C26H31N7O. The van der Waals surface area contributed by atoms with Gasteiger partial charge in [0.2, 0.25) is 0 Å². The van der Waals surface area contributed by atoms with Crippen LogP contribution in [0.5, 0.6) is 0 Å². The fourth-order valence-corrected chi connectivity index (χ4v) is 4.38. The molecule has 0 aliphatic carbocycles. The first kappa shape index (κ1) is 22.3. The predicted octanol–water partition coefficient (Wildman–Crippen LogP) is 4.24. The highest BCUT2D eigenvalue weighted by molar-refractivity contribution is 5.79. The first-order valence-corrected chi connectivity index (χ1v) is 11.8. The molecule has 0 saturated carbocycles. The van der Waals surface area contributed by atoms with Crippen molar-refractivity contribution in [3.8, 4) is 5.82 Å². The van der Waals surface area contributed by atoms with Gasteiger partial charge in [0.05, 0.1) is 5.39 Å². The lowest BCUT2D eigenvalue weighted by molar-refractivity contribution is 0.467. The van der Waals surface area contributed by atoms with Gasteiger partial charge in [0.25, 0.3) is 5.56 Å². The molecule has 4 aromatic rings. The summed E-state index contributed by atoms with van der Waals surface area (Å²) in [7, 11) is 0. The Morgan fingerprint density at radius 2 is 1.88 bits per heavy atom. The molecule has 0 fully saturated rings. The third kappa shape index (κ3) is 3.98. The average molecular weight is 458 g/mol. The van der Waals surface area contributed by atoms with Crippen LogP contribution in [0.15, 0.2) is 47.4 Å². The number of benzene rings is 1. The first-order chi connectivity index (χ1) is 16.2. The van der Waals surface area contributed by atoms with Crippen molar-refractivity contribution in [1.82, 2.24) is 29.6 Å². The monoisotopic (exact) mass is 457 g/mol. The fourth-order valence-electron chi connectivity index (χ4n) is 4.38. The summed E-state index contributed by atoms with van der Waals surface area (Å²) >= 11 is 0. The Balaban J connectivity index is 1.63. The number of hydrogen-bond acceptors (Lipinski definition) is 6. The van der Waals surface area contributed by atoms with E-state index in [1.54, 1.807) is 10.9 Å². The maximum atomic E-state index is 13.3. The Kier molecular flexibility index (Phi) is 5.48. The summed E-state index contributed by atoms with van der Waals surface area (Å²) in [6.07, 6.45) is 2.76. The van der Waals surface area contributed by atoms with E-state index in [-0.39, 0.29) is 17.0 Å². The number of hydrogen-bond donors (Lipinski definition) is 2. The van der Waals surface area contributed by atoms with Gasteiger partial charge in [0, 0.05) is 36.0 Å². The maximum absolute atomic E-state index is 13.3. The van der Waals surface area contributed by atoms with Crippen LogP contribution in [0.1, 0.15) is 57.6 Å². The van der Waals surface area contributed by atoms with Crippen molar-refractivity contribution in [3.05, 3.63) is 69.9 Å².